The third-order valence-corrected chi connectivity index (χ3v) is 6.11. The van der Waals surface area contributed by atoms with E-state index in [0.29, 0.717) is 43.4 Å². The first-order valence-corrected chi connectivity index (χ1v) is 10.5. The number of benzene rings is 1. The number of carbonyl (C=O) groups excluding carboxylic acids is 1. The maximum Gasteiger partial charge on any atom is 0.234 e. The largest absolute Gasteiger partial charge is 0.508 e. The minimum Gasteiger partial charge on any atom is -0.508 e. The number of likely N-dealkylation sites (tertiary alicyclic amines) is 1. The molecule has 1 aromatic carbocycles. The summed E-state index contributed by atoms with van der Waals surface area (Å²) in [6, 6.07) is 7.53. The van der Waals surface area contributed by atoms with Crippen molar-refractivity contribution in [3.05, 3.63) is 29.8 Å². The fraction of sp³-hybridized carbons (Fsp3) is 0.682. The number of carbonyl (C=O) groups is 1. The van der Waals surface area contributed by atoms with Crippen LogP contribution in [0.1, 0.15) is 56.9 Å². The van der Waals surface area contributed by atoms with Gasteiger partial charge in [-0.05, 0) is 68.3 Å². The van der Waals surface area contributed by atoms with E-state index in [-0.39, 0.29) is 5.91 Å². The maximum atomic E-state index is 12.2. The lowest BCUT2D eigenvalue weighted by molar-refractivity contribution is -0.123. The summed E-state index contributed by atoms with van der Waals surface area (Å²) < 4.78 is 5.96. The average Bonchev–Trinajstić information content (AvgIpc) is 2.68. The van der Waals surface area contributed by atoms with Crippen molar-refractivity contribution in [3.63, 3.8) is 0 Å². The Hall–Kier alpha value is -1.59. The van der Waals surface area contributed by atoms with Crippen LogP contribution in [0.2, 0.25) is 0 Å². The Balaban J connectivity index is 1.29. The molecule has 1 saturated heterocycles. The molecule has 0 radical (unpaired) electrons. The second-order valence-electron chi connectivity index (χ2n) is 8.16. The molecule has 2 N–H and O–H groups in total. The quantitative estimate of drug-likeness (QED) is 0.719. The van der Waals surface area contributed by atoms with Gasteiger partial charge in [0, 0.05) is 6.54 Å². The van der Waals surface area contributed by atoms with Crippen LogP contribution >= 0.6 is 0 Å². The van der Waals surface area contributed by atoms with E-state index >= 15 is 0 Å². The number of hydrogen-bond acceptors (Lipinski definition) is 4. The first-order valence-electron chi connectivity index (χ1n) is 10.5. The van der Waals surface area contributed by atoms with Crippen LogP contribution in [0.4, 0.5) is 0 Å². The Morgan fingerprint density at radius 2 is 1.85 bits per heavy atom. The van der Waals surface area contributed by atoms with Crippen LogP contribution < -0.4 is 5.32 Å². The molecule has 2 unspecified atom stereocenters. The lowest BCUT2D eigenvalue weighted by Crippen LogP contribution is -2.42. The number of nitrogens with one attached hydrogen (secondary N) is 1. The Morgan fingerprint density at radius 3 is 2.56 bits per heavy atom. The van der Waals surface area contributed by atoms with Crippen LogP contribution in [0.15, 0.2) is 24.3 Å². The zero-order valence-electron chi connectivity index (χ0n) is 16.5. The van der Waals surface area contributed by atoms with E-state index in [9.17, 15) is 9.90 Å². The van der Waals surface area contributed by atoms with Gasteiger partial charge in [-0.15, -0.1) is 0 Å². The van der Waals surface area contributed by atoms with Crippen LogP contribution in [-0.2, 0) is 9.53 Å². The molecule has 2 atom stereocenters. The molecule has 1 aliphatic carbocycles. The number of phenolic OH excluding ortho intramolecular Hbond substituents is 1. The van der Waals surface area contributed by atoms with Crippen molar-refractivity contribution in [2.45, 2.75) is 57.5 Å². The Kier molecular flexibility index (Phi) is 7.53. The van der Waals surface area contributed by atoms with Gasteiger partial charge in [0.25, 0.3) is 0 Å². The molecule has 150 valence electrons. The molecule has 1 amide bonds. The fourth-order valence-corrected chi connectivity index (χ4v) is 4.36. The molecule has 1 aliphatic heterocycles. The highest BCUT2D eigenvalue weighted by Crippen LogP contribution is 2.29. The monoisotopic (exact) mass is 374 g/mol. The van der Waals surface area contributed by atoms with E-state index in [1.165, 1.54) is 24.8 Å². The number of nitrogens with zero attached hydrogens (tertiary/aromatic N) is 1. The van der Waals surface area contributed by atoms with Crippen molar-refractivity contribution in [1.29, 1.82) is 0 Å². The first-order chi connectivity index (χ1) is 13.1. The topological polar surface area (TPSA) is 61.8 Å². The molecular weight excluding hydrogens is 340 g/mol. The minimum atomic E-state index is 0.0957. The van der Waals surface area contributed by atoms with Gasteiger partial charge < -0.3 is 15.2 Å². The number of phenols is 1. The van der Waals surface area contributed by atoms with Crippen LogP contribution in [0.5, 0.6) is 5.75 Å². The number of aromatic hydroxyl groups is 1. The van der Waals surface area contributed by atoms with E-state index in [2.05, 4.69) is 17.1 Å². The summed E-state index contributed by atoms with van der Waals surface area (Å²) >= 11 is 0. The Bertz CT molecular complexity index is 582. The second kappa shape index (κ2) is 10.1. The van der Waals surface area contributed by atoms with Gasteiger partial charge in [-0.3, -0.25) is 9.69 Å². The lowest BCUT2D eigenvalue weighted by Gasteiger charge is -2.31. The Morgan fingerprint density at radius 1 is 1.15 bits per heavy atom. The number of amides is 1. The summed E-state index contributed by atoms with van der Waals surface area (Å²) in [6.45, 7) is 5.84. The zero-order chi connectivity index (χ0) is 19.1. The van der Waals surface area contributed by atoms with Gasteiger partial charge in [-0.25, -0.2) is 0 Å². The number of hydrogen-bond donors (Lipinski definition) is 2. The molecule has 3 rings (SSSR count). The van der Waals surface area contributed by atoms with E-state index in [1.54, 1.807) is 12.1 Å². The molecule has 2 fully saturated rings. The summed E-state index contributed by atoms with van der Waals surface area (Å²) in [5.41, 5.74) is 1.28. The molecule has 2 aliphatic rings. The first kappa shape index (κ1) is 20.2. The molecule has 5 heteroatoms. The maximum absolute atomic E-state index is 12.2. The van der Waals surface area contributed by atoms with Crippen LogP contribution in [-0.4, -0.2) is 54.8 Å². The van der Waals surface area contributed by atoms with Crippen LogP contribution in [0.25, 0.3) is 0 Å². The van der Waals surface area contributed by atoms with Crippen molar-refractivity contribution >= 4 is 5.91 Å². The third kappa shape index (κ3) is 6.22. The summed E-state index contributed by atoms with van der Waals surface area (Å²) in [7, 11) is 0. The molecule has 1 heterocycles. The molecule has 0 aromatic heterocycles. The molecule has 1 aromatic rings. The summed E-state index contributed by atoms with van der Waals surface area (Å²) in [5.74, 6) is 1.58. The number of rotatable bonds is 7. The number of piperidine rings is 1. The van der Waals surface area contributed by atoms with Crippen molar-refractivity contribution in [3.8, 4) is 5.75 Å². The minimum absolute atomic E-state index is 0.0957. The van der Waals surface area contributed by atoms with Gasteiger partial charge in [0.1, 0.15) is 5.75 Å². The fourth-order valence-electron chi connectivity index (χ4n) is 4.36. The zero-order valence-corrected chi connectivity index (χ0v) is 16.5. The predicted molar refractivity (Wildman–Crippen MR) is 107 cm³/mol. The lowest BCUT2D eigenvalue weighted by atomic mass is 9.88. The summed E-state index contributed by atoms with van der Waals surface area (Å²) in [5, 5.41) is 12.4. The van der Waals surface area contributed by atoms with E-state index < -0.39 is 0 Å². The van der Waals surface area contributed by atoms with Gasteiger partial charge in [-0.1, -0.05) is 31.9 Å². The van der Waals surface area contributed by atoms with E-state index in [0.717, 1.165) is 32.4 Å². The predicted octanol–water partition coefficient (Wildman–Crippen LogP) is 3.28. The Labute approximate surface area is 163 Å². The van der Waals surface area contributed by atoms with Crippen molar-refractivity contribution in [1.82, 2.24) is 10.2 Å². The van der Waals surface area contributed by atoms with Gasteiger partial charge in [0.2, 0.25) is 5.91 Å². The average molecular weight is 375 g/mol. The molecule has 0 spiro atoms. The summed E-state index contributed by atoms with van der Waals surface area (Å²) in [4.78, 5) is 14.4. The number of ether oxygens (including phenoxy) is 1. The second-order valence-corrected chi connectivity index (χ2v) is 8.16. The molecule has 27 heavy (non-hydrogen) atoms. The normalized spacial score (nSPS) is 24.6. The van der Waals surface area contributed by atoms with Crippen LogP contribution in [0.3, 0.4) is 0 Å². The highest BCUT2D eigenvalue weighted by atomic mass is 16.5. The van der Waals surface area contributed by atoms with E-state index in [4.69, 9.17) is 4.74 Å². The van der Waals surface area contributed by atoms with Gasteiger partial charge in [0.15, 0.2) is 0 Å². The van der Waals surface area contributed by atoms with E-state index in [1.807, 2.05) is 12.1 Å². The van der Waals surface area contributed by atoms with Crippen molar-refractivity contribution in [2.24, 2.45) is 5.92 Å². The van der Waals surface area contributed by atoms with Gasteiger partial charge in [0.05, 0.1) is 19.3 Å². The summed E-state index contributed by atoms with van der Waals surface area (Å²) in [6.07, 6.45) is 7.49. The smallest absolute Gasteiger partial charge is 0.234 e. The highest BCUT2D eigenvalue weighted by Gasteiger charge is 2.23. The molecule has 0 bridgehead atoms. The molecule has 5 nitrogen and oxygen atoms in total. The van der Waals surface area contributed by atoms with Gasteiger partial charge in [-0.2, -0.15) is 0 Å². The standard InChI is InChI=1S/C22H34N2O3/c1-17-4-2-3-5-21(17)27-15-12-23-22(26)16-24-13-10-19(11-14-24)18-6-8-20(25)9-7-18/h6-9,17,19,21,25H,2-5,10-16H2,1H3,(H,23,26). The SMILES string of the molecule is CC1CCCCC1OCCNC(=O)CN1CCC(c2ccc(O)cc2)CC1. The molecular formula is C22H34N2O3. The molecule has 1 saturated carbocycles. The highest BCUT2D eigenvalue weighted by molar-refractivity contribution is 5.78. The van der Waals surface area contributed by atoms with Crippen molar-refractivity contribution < 1.29 is 14.6 Å². The van der Waals surface area contributed by atoms with Crippen molar-refractivity contribution in [2.75, 3.05) is 32.8 Å². The third-order valence-electron chi connectivity index (χ3n) is 6.11. The van der Waals surface area contributed by atoms with Crippen LogP contribution in [0, 0.1) is 5.92 Å². The van der Waals surface area contributed by atoms with Gasteiger partial charge >= 0.3 is 0 Å².